The number of aromatic nitrogens is 4. The monoisotopic (exact) mass is 371 g/mol. The number of hydrogen-bond donors (Lipinski definition) is 2. The molecule has 6 nitrogen and oxygen atoms in total. The van der Waals surface area contributed by atoms with Gasteiger partial charge in [-0.25, -0.2) is 4.98 Å². The first-order chi connectivity index (χ1) is 13.5. The summed E-state index contributed by atoms with van der Waals surface area (Å²) >= 11 is 0. The highest BCUT2D eigenvalue weighted by molar-refractivity contribution is 6.04. The van der Waals surface area contributed by atoms with Crippen molar-refractivity contribution >= 4 is 28.7 Å². The van der Waals surface area contributed by atoms with Crippen LogP contribution in [-0.2, 0) is 11.8 Å². The van der Waals surface area contributed by atoms with Crippen LogP contribution in [0, 0.1) is 13.8 Å². The lowest BCUT2D eigenvalue weighted by Crippen LogP contribution is -2.09. The zero-order chi connectivity index (χ0) is 19.7. The number of anilines is 1. The second-order valence-electron chi connectivity index (χ2n) is 6.68. The molecule has 0 radical (unpaired) electrons. The van der Waals surface area contributed by atoms with Crippen molar-refractivity contribution in [2.24, 2.45) is 7.05 Å². The quantitative estimate of drug-likeness (QED) is 0.527. The summed E-state index contributed by atoms with van der Waals surface area (Å²) in [5.41, 5.74) is 6.27. The molecule has 28 heavy (non-hydrogen) atoms. The first-order valence-corrected chi connectivity index (χ1v) is 9.06. The number of hydrogen-bond acceptors (Lipinski definition) is 3. The molecule has 0 saturated carbocycles. The maximum absolute atomic E-state index is 12.5. The first-order valence-electron chi connectivity index (χ1n) is 9.06. The van der Waals surface area contributed by atoms with Crippen molar-refractivity contribution in [2.75, 3.05) is 5.32 Å². The fraction of sp³-hybridized carbons (Fsp3) is 0.136. The number of aryl methyl sites for hydroxylation is 2. The number of aromatic amines is 1. The Bertz CT molecular complexity index is 1170. The van der Waals surface area contributed by atoms with Crippen LogP contribution in [0.25, 0.3) is 28.5 Å². The highest BCUT2D eigenvalue weighted by Gasteiger charge is 2.11. The van der Waals surface area contributed by atoms with Crippen LogP contribution in [0.2, 0.25) is 0 Å². The summed E-state index contributed by atoms with van der Waals surface area (Å²) in [5.74, 6) is 0.520. The molecule has 4 rings (SSSR count). The van der Waals surface area contributed by atoms with E-state index in [0.29, 0.717) is 5.69 Å². The Morgan fingerprint density at radius 2 is 1.86 bits per heavy atom. The number of benzene rings is 2. The largest absolute Gasteiger partial charge is 0.338 e. The SMILES string of the molecule is Cc1nn(C)c(C)c1/C=C/C(=O)Nc1ccccc1-c1nc2ccccc2[nH]1. The van der Waals surface area contributed by atoms with E-state index in [1.807, 2.05) is 74.1 Å². The lowest BCUT2D eigenvalue weighted by molar-refractivity contribution is -0.111. The minimum Gasteiger partial charge on any atom is -0.338 e. The Morgan fingerprint density at radius 3 is 2.61 bits per heavy atom. The van der Waals surface area contributed by atoms with E-state index in [4.69, 9.17) is 0 Å². The molecule has 2 aromatic carbocycles. The van der Waals surface area contributed by atoms with Crippen molar-refractivity contribution in [3.63, 3.8) is 0 Å². The van der Waals surface area contributed by atoms with E-state index < -0.39 is 0 Å². The van der Waals surface area contributed by atoms with Crippen LogP contribution in [0.5, 0.6) is 0 Å². The molecule has 0 unspecified atom stereocenters. The van der Waals surface area contributed by atoms with Crippen LogP contribution in [-0.4, -0.2) is 25.7 Å². The smallest absolute Gasteiger partial charge is 0.248 e. The molecule has 1 amide bonds. The highest BCUT2D eigenvalue weighted by Crippen LogP contribution is 2.27. The predicted molar refractivity (Wildman–Crippen MR) is 112 cm³/mol. The van der Waals surface area contributed by atoms with Gasteiger partial charge in [-0.15, -0.1) is 0 Å². The average Bonchev–Trinajstić information content (AvgIpc) is 3.21. The van der Waals surface area contributed by atoms with Gasteiger partial charge in [0.1, 0.15) is 5.82 Å². The van der Waals surface area contributed by atoms with Crippen LogP contribution in [0.4, 0.5) is 5.69 Å². The Labute approximate surface area is 162 Å². The molecular formula is C22H21N5O. The van der Waals surface area contributed by atoms with Crippen molar-refractivity contribution in [1.82, 2.24) is 19.7 Å². The highest BCUT2D eigenvalue weighted by atomic mass is 16.1. The van der Waals surface area contributed by atoms with Crippen LogP contribution in [0.15, 0.2) is 54.6 Å². The van der Waals surface area contributed by atoms with Crippen LogP contribution >= 0.6 is 0 Å². The number of nitrogens with zero attached hydrogens (tertiary/aromatic N) is 3. The second kappa shape index (κ2) is 7.15. The number of fused-ring (bicyclic) bond motifs is 1. The van der Waals surface area contributed by atoms with E-state index >= 15 is 0 Å². The van der Waals surface area contributed by atoms with Gasteiger partial charge in [-0.05, 0) is 44.2 Å². The van der Waals surface area contributed by atoms with Crippen molar-refractivity contribution < 1.29 is 4.79 Å². The van der Waals surface area contributed by atoms with Gasteiger partial charge >= 0.3 is 0 Å². The molecule has 2 N–H and O–H groups in total. The third kappa shape index (κ3) is 3.32. The van der Waals surface area contributed by atoms with Gasteiger partial charge in [0.05, 0.1) is 22.4 Å². The maximum Gasteiger partial charge on any atom is 0.248 e. The molecule has 0 aliphatic carbocycles. The molecule has 0 spiro atoms. The summed E-state index contributed by atoms with van der Waals surface area (Å²) < 4.78 is 1.81. The van der Waals surface area contributed by atoms with Gasteiger partial charge in [-0.2, -0.15) is 5.10 Å². The first kappa shape index (κ1) is 17.7. The van der Waals surface area contributed by atoms with E-state index in [2.05, 4.69) is 20.4 Å². The van der Waals surface area contributed by atoms with Gasteiger partial charge in [0.15, 0.2) is 0 Å². The molecule has 0 fully saturated rings. The van der Waals surface area contributed by atoms with Gasteiger partial charge in [-0.3, -0.25) is 9.48 Å². The summed E-state index contributed by atoms with van der Waals surface area (Å²) in [7, 11) is 1.89. The lowest BCUT2D eigenvalue weighted by atomic mass is 10.1. The number of rotatable bonds is 4. The molecule has 0 aliphatic heterocycles. The Kier molecular flexibility index (Phi) is 4.53. The summed E-state index contributed by atoms with van der Waals surface area (Å²) in [6.45, 7) is 3.91. The van der Waals surface area contributed by atoms with Crippen molar-refractivity contribution in [3.05, 3.63) is 71.6 Å². The van der Waals surface area contributed by atoms with Crippen molar-refractivity contribution in [1.29, 1.82) is 0 Å². The van der Waals surface area contributed by atoms with Crippen molar-refractivity contribution in [2.45, 2.75) is 13.8 Å². The fourth-order valence-electron chi connectivity index (χ4n) is 3.24. The number of carbonyl (C=O) groups is 1. The van der Waals surface area contributed by atoms with Gasteiger partial charge in [0.25, 0.3) is 0 Å². The second-order valence-corrected chi connectivity index (χ2v) is 6.68. The average molecular weight is 371 g/mol. The molecule has 0 saturated heterocycles. The zero-order valence-corrected chi connectivity index (χ0v) is 16.0. The lowest BCUT2D eigenvalue weighted by Gasteiger charge is -2.07. The molecule has 2 heterocycles. The van der Waals surface area contributed by atoms with E-state index in [-0.39, 0.29) is 5.91 Å². The molecule has 2 aromatic heterocycles. The molecule has 140 valence electrons. The van der Waals surface area contributed by atoms with Gasteiger partial charge in [0.2, 0.25) is 5.91 Å². The number of carbonyl (C=O) groups excluding carboxylic acids is 1. The topological polar surface area (TPSA) is 75.6 Å². The van der Waals surface area contributed by atoms with E-state index in [0.717, 1.165) is 39.4 Å². The predicted octanol–water partition coefficient (Wildman–Crippen LogP) is 4.23. The van der Waals surface area contributed by atoms with Crippen LogP contribution in [0.3, 0.4) is 0 Å². The van der Waals surface area contributed by atoms with E-state index in [9.17, 15) is 4.79 Å². The standard InChI is InChI=1S/C22H21N5O/c1-14-16(15(2)27(3)26-14)12-13-21(28)23-18-9-5-4-8-17(18)22-24-19-10-6-7-11-20(19)25-22/h4-13H,1-3H3,(H,23,28)(H,24,25)/b13-12+. The maximum atomic E-state index is 12.5. The number of nitrogens with one attached hydrogen (secondary N) is 2. The molecule has 0 bridgehead atoms. The summed E-state index contributed by atoms with van der Waals surface area (Å²) in [4.78, 5) is 20.5. The normalized spacial score (nSPS) is 11.4. The Hall–Kier alpha value is -3.67. The number of imidazole rings is 1. The van der Waals surface area contributed by atoms with E-state index in [1.165, 1.54) is 6.08 Å². The molecule has 0 aliphatic rings. The Balaban J connectivity index is 1.60. The molecule has 0 atom stereocenters. The number of amides is 1. The molecule has 6 heteroatoms. The molecule has 4 aromatic rings. The van der Waals surface area contributed by atoms with Crippen LogP contribution in [0.1, 0.15) is 17.0 Å². The summed E-state index contributed by atoms with van der Waals surface area (Å²) in [6.07, 6.45) is 3.34. The third-order valence-electron chi connectivity index (χ3n) is 4.80. The van der Waals surface area contributed by atoms with Crippen LogP contribution < -0.4 is 5.32 Å². The summed E-state index contributed by atoms with van der Waals surface area (Å²) in [6, 6.07) is 15.5. The third-order valence-corrected chi connectivity index (χ3v) is 4.80. The van der Waals surface area contributed by atoms with Gasteiger partial charge in [0, 0.05) is 29.9 Å². The Morgan fingerprint density at radius 1 is 1.11 bits per heavy atom. The number of H-pyrrole nitrogens is 1. The minimum atomic E-state index is -0.203. The van der Waals surface area contributed by atoms with Gasteiger partial charge < -0.3 is 10.3 Å². The molecular weight excluding hydrogens is 350 g/mol. The van der Waals surface area contributed by atoms with E-state index in [1.54, 1.807) is 6.08 Å². The van der Waals surface area contributed by atoms with Gasteiger partial charge in [-0.1, -0.05) is 24.3 Å². The summed E-state index contributed by atoms with van der Waals surface area (Å²) in [5, 5.41) is 7.32. The minimum absolute atomic E-state index is 0.203. The fourth-order valence-corrected chi connectivity index (χ4v) is 3.24. The zero-order valence-electron chi connectivity index (χ0n) is 16.0. The number of para-hydroxylation sites is 3. The van der Waals surface area contributed by atoms with Crippen molar-refractivity contribution in [3.8, 4) is 11.4 Å².